The minimum atomic E-state index is -0.681. The van der Waals surface area contributed by atoms with Crippen LogP contribution in [0, 0.1) is 20.2 Å². The van der Waals surface area contributed by atoms with Crippen molar-refractivity contribution >= 4 is 17.1 Å². The Morgan fingerprint density at radius 3 is 1.24 bits per heavy atom. The Labute approximate surface area is 286 Å². The number of para-hydroxylation sites is 1. The number of anilines is 1. The summed E-state index contributed by atoms with van der Waals surface area (Å²) in [5.41, 5.74) is -0.525. The van der Waals surface area contributed by atoms with Crippen LogP contribution in [0.3, 0.4) is 0 Å². The molecule has 276 valence electrons. The number of benzene rings is 2. The van der Waals surface area contributed by atoms with Crippen molar-refractivity contribution in [3.8, 4) is 5.75 Å². The molecule has 0 amide bonds. The van der Waals surface area contributed by atoms with E-state index in [4.69, 9.17) is 47.4 Å². The zero-order valence-electron chi connectivity index (χ0n) is 27.9. The fourth-order valence-electron chi connectivity index (χ4n) is 3.79. The Balaban J connectivity index is 1.21. The molecule has 1 N–H and O–H groups in total. The van der Waals surface area contributed by atoms with Crippen molar-refractivity contribution in [2.45, 2.75) is 0 Å². The highest BCUT2D eigenvalue weighted by atomic mass is 16.6. The van der Waals surface area contributed by atoms with Gasteiger partial charge in [0, 0.05) is 12.6 Å². The van der Waals surface area contributed by atoms with Gasteiger partial charge < -0.3 is 52.7 Å². The predicted octanol–water partition coefficient (Wildman–Crippen LogP) is 3.14. The number of rotatable bonds is 34. The highest BCUT2D eigenvalue weighted by molar-refractivity contribution is 5.65. The second-order valence-electron chi connectivity index (χ2n) is 9.82. The predicted molar refractivity (Wildman–Crippen MR) is 178 cm³/mol. The third-order valence-electron chi connectivity index (χ3n) is 6.17. The lowest BCUT2D eigenvalue weighted by Crippen LogP contribution is -2.16. The lowest BCUT2D eigenvalue weighted by Gasteiger charge is -2.09. The van der Waals surface area contributed by atoms with Crippen LogP contribution in [0.2, 0.25) is 0 Å². The van der Waals surface area contributed by atoms with Gasteiger partial charge in [0.25, 0.3) is 11.4 Å². The van der Waals surface area contributed by atoms with Gasteiger partial charge in [0.1, 0.15) is 18.0 Å². The molecule has 2 aromatic carbocycles. The first-order chi connectivity index (χ1) is 24.1. The first-order valence-corrected chi connectivity index (χ1v) is 16.1. The maximum atomic E-state index is 11.1. The van der Waals surface area contributed by atoms with E-state index in [1.54, 1.807) is 0 Å². The monoisotopic (exact) mass is 699 g/mol. The van der Waals surface area contributed by atoms with Crippen LogP contribution in [0.5, 0.6) is 5.75 Å². The van der Waals surface area contributed by atoms with E-state index in [2.05, 4.69) is 5.32 Å². The number of nitrogens with zero attached hydrogens (tertiary/aromatic N) is 2. The van der Waals surface area contributed by atoms with Crippen molar-refractivity contribution < 1.29 is 57.2 Å². The van der Waals surface area contributed by atoms with Gasteiger partial charge in [-0.05, 0) is 18.2 Å². The Kier molecular flexibility index (Phi) is 25.0. The molecule has 0 saturated heterocycles. The number of nitro groups is 2. The molecule has 0 aromatic heterocycles. The van der Waals surface area contributed by atoms with Gasteiger partial charge in [-0.25, -0.2) is 0 Å². The Hall–Kier alpha value is -3.52. The second kappa shape index (κ2) is 29.4. The van der Waals surface area contributed by atoms with Crippen LogP contribution in [0.15, 0.2) is 48.5 Å². The second-order valence-corrected chi connectivity index (χ2v) is 9.82. The zero-order valence-corrected chi connectivity index (χ0v) is 27.9. The molecule has 0 saturated carbocycles. The van der Waals surface area contributed by atoms with E-state index in [0.717, 1.165) is 11.8 Å². The van der Waals surface area contributed by atoms with Crippen molar-refractivity contribution in [3.63, 3.8) is 0 Å². The summed E-state index contributed by atoms with van der Waals surface area (Å²) in [6, 6.07) is 13.0. The van der Waals surface area contributed by atoms with E-state index in [1.165, 1.54) is 12.1 Å². The van der Waals surface area contributed by atoms with E-state index in [-0.39, 0.29) is 23.7 Å². The molecule has 0 spiro atoms. The fraction of sp³-hybridized carbons (Fsp3) is 0.625. The summed E-state index contributed by atoms with van der Waals surface area (Å²) in [5.74, 6) is 0.830. The number of hydrogen-bond acceptors (Lipinski definition) is 15. The summed E-state index contributed by atoms with van der Waals surface area (Å²) >= 11 is 0. The SMILES string of the molecule is O=[N+]([O-])c1ccc(NCCOCCOCCOCCOCCOCCOCCOCCOCCOCCOc2ccccc2)c([N+](=O)[O-])c1. The molecule has 17 heteroatoms. The van der Waals surface area contributed by atoms with Gasteiger partial charge in [-0.3, -0.25) is 20.2 Å². The summed E-state index contributed by atoms with van der Waals surface area (Å²) in [6.45, 7) is 8.82. The van der Waals surface area contributed by atoms with Crippen molar-refractivity contribution in [1.82, 2.24) is 0 Å². The van der Waals surface area contributed by atoms with Crippen LogP contribution in [0.1, 0.15) is 0 Å². The Morgan fingerprint density at radius 2 is 0.857 bits per heavy atom. The van der Waals surface area contributed by atoms with Crippen molar-refractivity contribution in [2.75, 3.05) is 137 Å². The average Bonchev–Trinajstić information content (AvgIpc) is 3.11. The average molecular weight is 700 g/mol. The Morgan fingerprint density at radius 1 is 0.469 bits per heavy atom. The standard InChI is InChI=1S/C32H49N3O14/c36-34(37)29-6-7-31(32(28-29)35(38)39)33-8-9-40-10-11-41-12-13-42-14-15-43-16-17-44-18-19-45-20-21-46-22-23-47-24-25-48-26-27-49-30-4-2-1-3-5-30/h1-7,28,33H,8-27H2. The third-order valence-corrected chi connectivity index (χ3v) is 6.17. The molecular formula is C32H49N3O14. The first kappa shape index (κ1) is 41.7. The molecule has 0 unspecified atom stereocenters. The molecule has 0 heterocycles. The lowest BCUT2D eigenvalue weighted by molar-refractivity contribution is -0.393. The van der Waals surface area contributed by atoms with Crippen molar-refractivity contribution in [2.24, 2.45) is 0 Å². The van der Waals surface area contributed by atoms with Crippen LogP contribution in [-0.4, -0.2) is 142 Å². The molecule has 49 heavy (non-hydrogen) atoms. The summed E-state index contributed by atoms with van der Waals surface area (Å²) in [5, 5.41) is 24.8. The van der Waals surface area contributed by atoms with E-state index >= 15 is 0 Å². The third kappa shape index (κ3) is 22.7. The van der Waals surface area contributed by atoms with Gasteiger partial charge in [-0.1, -0.05) is 18.2 Å². The largest absolute Gasteiger partial charge is 0.491 e. The van der Waals surface area contributed by atoms with E-state index in [1.807, 2.05) is 30.3 Å². The number of non-ortho nitro benzene ring substituents is 1. The van der Waals surface area contributed by atoms with Crippen LogP contribution < -0.4 is 10.1 Å². The number of nitrogens with one attached hydrogen (secondary N) is 1. The van der Waals surface area contributed by atoms with Gasteiger partial charge >= 0.3 is 0 Å². The maximum absolute atomic E-state index is 11.1. The van der Waals surface area contributed by atoms with Gasteiger partial charge in [0.2, 0.25) is 0 Å². The highest BCUT2D eigenvalue weighted by Gasteiger charge is 2.19. The van der Waals surface area contributed by atoms with E-state index in [9.17, 15) is 20.2 Å². The highest BCUT2D eigenvalue weighted by Crippen LogP contribution is 2.28. The quantitative estimate of drug-likeness (QED) is 0.0636. The topological polar surface area (TPSA) is 191 Å². The molecule has 0 fully saturated rings. The zero-order chi connectivity index (χ0) is 35.0. The number of nitro benzene ring substituents is 2. The smallest absolute Gasteiger partial charge is 0.299 e. The Bertz CT molecular complexity index is 1120. The number of hydrogen-bond donors (Lipinski definition) is 1. The summed E-state index contributed by atoms with van der Waals surface area (Å²) in [7, 11) is 0. The maximum Gasteiger partial charge on any atom is 0.299 e. The van der Waals surface area contributed by atoms with Crippen LogP contribution in [0.4, 0.5) is 17.1 Å². The molecule has 2 rings (SSSR count). The summed E-state index contributed by atoms with van der Waals surface area (Å²) < 4.78 is 54.6. The minimum absolute atomic E-state index is 0.186. The van der Waals surface area contributed by atoms with E-state index < -0.39 is 9.85 Å². The molecule has 2 aromatic rings. The van der Waals surface area contributed by atoms with Gasteiger partial charge in [0.05, 0.1) is 135 Å². The molecule has 0 bridgehead atoms. The van der Waals surface area contributed by atoms with Gasteiger partial charge in [-0.2, -0.15) is 0 Å². The molecule has 17 nitrogen and oxygen atoms in total. The lowest BCUT2D eigenvalue weighted by atomic mass is 10.2. The van der Waals surface area contributed by atoms with Gasteiger partial charge in [0.15, 0.2) is 0 Å². The first-order valence-electron chi connectivity index (χ1n) is 16.1. The van der Waals surface area contributed by atoms with Crippen LogP contribution >= 0.6 is 0 Å². The van der Waals surface area contributed by atoms with Crippen LogP contribution in [0.25, 0.3) is 0 Å². The molecule has 0 atom stereocenters. The summed E-state index contributed by atoms with van der Waals surface area (Å²) in [6.07, 6.45) is 0. The molecular weight excluding hydrogens is 650 g/mol. The minimum Gasteiger partial charge on any atom is -0.491 e. The van der Waals surface area contributed by atoms with Crippen LogP contribution in [-0.2, 0) is 42.6 Å². The molecule has 0 radical (unpaired) electrons. The van der Waals surface area contributed by atoms with Crippen molar-refractivity contribution in [1.29, 1.82) is 0 Å². The normalized spacial score (nSPS) is 11.1. The van der Waals surface area contributed by atoms with E-state index in [0.29, 0.717) is 125 Å². The fourth-order valence-corrected chi connectivity index (χ4v) is 3.79. The summed E-state index contributed by atoms with van der Waals surface area (Å²) in [4.78, 5) is 20.6. The molecule has 0 aliphatic heterocycles. The number of ether oxygens (including phenoxy) is 10. The van der Waals surface area contributed by atoms with Gasteiger partial charge in [-0.15, -0.1) is 0 Å². The molecule has 0 aliphatic rings. The van der Waals surface area contributed by atoms with Crippen molar-refractivity contribution in [3.05, 3.63) is 68.8 Å². The molecule has 0 aliphatic carbocycles.